The average molecular weight is 499 g/mol. The number of esters is 1. The van der Waals surface area contributed by atoms with Crippen molar-refractivity contribution < 1.29 is 14.6 Å². The number of fused-ring (bicyclic) bond motifs is 1. The Bertz CT molecular complexity index is 1370. The van der Waals surface area contributed by atoms with Gasteiger partial charge in [-0.1, -0.05) is 64.5 Å². The number of halogens is 1. The number of thiazole rings is 1. The molecule has 1 N–H and O–H groups in total. The molecule has 0 amide bonds. The number of carbonyl (C=O) groups is 1. The summed E-state index contributed by atoms with van der Waals surface area (Å²) in [5.74, 6) is -0.438. The number of aromatic nitrogens is 1. The Labute approximate surface area is 190 Å². The summed E-state index contributed by atoms with van der Waals surface area (Å²) in [7, 11) is 1.33. The largest absolute Gasteiger partial charge is 0.507 e. The summed E-state index contributed by atoms with van der Waals surface area (Å²) in [6.45, 7) is 1.91. The van der Waals surface area contributed by atoms with Gasteiger partial charge in [-0.25, -0.2) is 9.79 Å². The zero-order valence-corrected chi connectivity index (χ0v) is 19.2. The Kier molecular flexibility index (Phi) is 5.93. The van der Waals surface area contributed by atoms with Gasteiger partial charge >= 0.3 is 5.97 Å². The smallest absolute Gasteiger partial charge is 0.338 e. The van der Waals surface area contributed by atoms with E-state index in [0.717, 1.165) is 10.0 Å². The number of carbonyl (C=O) groups excluding carboxylic acids is 1. The van der Waals surface area contributed by atoms with Crippen molar-refractivity contribution in [2.24, 2.45) is 4.99 Å². The SMILES string of the molecule is CCC1=C(C(=O)OC)[C@@H](c2ccccc2)n2c(s/c(=C/c3cc(Br)ccc3O)c2=O)=N1. The molecule has 0 unspecified atom stereocenters. The van der Waals surface area contributed by atoms with E-state index in [9.17, 15) is 14.7 Å². The first-order valence-electron chi connectivity index (χ1n) is 9.61. The fraction of sp³-hybridized carbons (Fsp3) is 0.174. The van der Waals surface area contributed by atoms with Gasteiger partial charge in [0, 0.05) is 10.0 Å². The zero-order valence-electron chi connectivity index (χ0n) is 16.8. The van der Waals surface area contributed by atoms with Gasteiger partial charge in [-0.3, -0.25) is 9.36 Å². The van der Waals surface area contributed by atoms with E-state index in [4.69, 9.17) is 4.74 Å². The van der Waals surface area contributed by atoms with E-state index < -0.39 is 12.0 Å². The van der Waals surface area contributed by atoms with Crippen LogP contribution >= 0.6 is 27.3 Å². The third-order valence-electron chi connectivity index (χ3n) is 5.04. The molecule has 0 bridgehead atoms. The molecule has 3 aromatic rings. The number of phenols is 1. The van der Waals surface area contributed by atoms with Gasteiger partial charge < -0.3 is 9.84 Å². The number of rotatable bonds is 4. The number of aromatic hydroxyl groups is 1. The number of phenolic OH excluding ortho intramolecular Hbond substituents is 1. The average Bonchev–Trinajstić information content (AvgIpc) is 3.09. The van der Waals surface area contributed by atoms with E-state index in [1.54, 1.807) is 24.3 Å². The number of hydrogen-bond acceptors (Lipinski definition) is 6. The number of methoxy groups -OCH3 is 1. The molecule has 1 aliphatic heterocycles. The second-order valence-electron chi connectivity index (χ2n) is 6.90. The van der Waals surface area contributed by atoms with Crippen molar-refractivity contribution >= 4 is 39.3 Å². The number of allylic oxidation sites excluding steroid dienone is 1. The molecule has 8 heteroatoms. The summed E-state index contributed by atoms with van der Waals surface area (Å²) in [6, 6.07) is 13.7. The number of benzene rings is 2. The normalized spacial score (nSPS) is 16.1. The van der Waals surface area contributed by atoms with E-state index >= 15 is 0 Å². The van der Waals surface area contributed by atoms with Gasteiger partial charge in [0.1, 0.15) is 5.75 Å². The molecule has 2 heterocycles. The quantitative estimate of drug-likeness (QED) is 0.559. The lowest BCUT2D eigenvalue weighted by Gasteiger charge is -2.25. The highest BCUT2D eigenvalue weighted by Gasteiger charge is 2.33. The predicted octanol–water partition coefficient (Wildman–Crippen LogP) is 3.27. The van der Waals surface area contributed by atoms with Crippen molar-refractivity contribution in [3.63, 3.8) is 0 Å². The van der Waals surface area contributed by atoms with E-state index in [0.29, 0.717) is 32.6 Å². The van der Waals surface area contributed by atoms with Crippen molar-refractivity contribution in [1.82, 2.24) is 4.57 Å². The molecular weight excluding hydrogens is 480 g/mol. The molecule has 0 aliphatic carbocycles. The summed E-state index contributed by atoms with van der Waals surface area (Å²) in [5.41, 5.74) is 1.98. The molecule has 2 aromatic carbocycles. The summed E-state index contributed by atoms with van der Waals surface area (Å²) in [4.78, 5) is 31.3. The maximum atomic E-state index is 13.5. The van der Waals surface area contributed by atoms with E-state index in [2.05, 4.69) is 20.9 Å². The van der Waals surface area contributed by atoms with Gasteiger partial charge in [-0.2, -0.15) is 0 Å². The van der Waals surface area contributed by atoms with Gasteiger partial charge in [0.15, 0.2) is 4.80 Å². The van der Waals surface area contributed by atoms with Gasteiger partial charge in [0.05, 0.1) is 29.0 Å². The Hall–Kier alpha value is -2.97. The van der Waals surface area contributed by atoms with E-state index in [1.807, 2.05) is 37.3 Å². The van der Waals surface area contributed by atoms with Gasteiger partial charge in [0.25, 0.3) is 5.56 Å². The van der Waals surface area contributed by atoms with Crippen LogP contribution in [0.5, 0.6) is 5.75 Å². The molecule has 0 spiro atoms. The van der Waals surface area contributed by atoms with Crippen LogP contribution in [0.3, 0.4) is 0 Å². The molecule has 4 rings (SSSR count). The third-order valence-corrected chi connectivity index (χ3v) is 6.52. The van der Waals surface area contributed by atoms with Crippen LogP contribution in [0.25, 0.3) is 6.08 Å². The molecule has 0 saturated carbocycles. The molecule has 0 saturated heterocycles. The second kappa shape index (κ2) is 8.64. The highest BCUT2D eigenvalue weighted by molar-refractivity contribution is 9.10. The Morgan fingerprint density at radius 3 is 2.71 bits per heavy atom. The van der Waals surface area contributed by atoms with Crippen LogP contribution in [0.1, 0.15) is 30.5 Å². The zero-order chi connectivity index (χ0) is 22.1. The first-order valence-corrected chi connectivity index (χ1v) is 11.2. The highest BCUT2D eigenvalue weighted by Crippen LogP contribution is 2.31. The molecule has 6 nitrogen and oxygen atoms in total. The first kappa shape index (κ1) is 21.3. The van der Waals surface area contributed by atoms with Crippen LogP contribution in [0.4, 0.5) is 0 Å². The van der Waals surface area contributed by atoms with E-state index in [1.165, 1.54) is 23.0 Å². The van der Waals surface area contributed by atoms with Crippen LogP contribution in [-0.4, -0.2) is 22.8 Å². The molecule has 1 atom stereocenters. The lowest BCUT2D eigenvalue weighted by Crippen LogP contribution is -2.40. The second-order valence-corrected chi connectivity index (χ2v) is 8.83. The number of hydrogen-bond donors (Lipinski definition) is 1. The minimum absolute atomic E-state index is 0.0677. The Morgan fingerprint density at radius 2 is 2.03 bits per heavy atom. The van der Waals surface area contributed by atoms with Crippen molar-refractivity contribution in [2.45, 2.75) is 19.4 Å². The molecule has 158 valence electrons. The lowest BCUT2D eigenvalue weighted by atomic mass is 9.95. The van der Waals surface area contributed by atoms with Gasteiger partial charge in [0.2, 0.25) is 0 Å². The van der Waals surface area contributed by atoms with E-state index in [-0.39, 0.29) is 11.3 Å². The van der Waals surface area contributed by atoms with Gasteiger partial charge in [-0.15, -0.1) is 0 Å². The topological polar surface area (TPSA) is 80.9 Å². The first-order chi connectivity index (χ1) is 14.9. The summed E-state index contributed by atoms with van der Waals surface area (Å²) < 4.78 is 7.78. The maximum Gasteiger partial charge on any atom is 0.338 e. The van der Waals surface area contributed by atoms with Crippen molar-refractivity contribution in [1.29, 1.82) is 0 Å². The van der Waals surface area contributed by atoms with Gasteiger partial charge in [-0.05, 0) is 36.3 Å². The summed E-state index contributed by atoms with van der Waals surface area (Å²) >= 11 is 4.61. The van der Waals surface area contributed by atoms with Crippen molar-refractivity contribution in [3.8, 4) is 5.75 Å². The molecule has 0 radical (unpaired) electrons. The lowest BCUT2D eigenvalue weighted by molar-refractivity contribution is -0.136. The third kappa shape index (κ3) is 3.88. The molecule has 31 heavy (non-hydrogen) atoms. The molecule has 1 aliphatic rings. The van der Waals surface area contributed by atoms with Crippen LogP contribution in [-0.2, 0) is 9.53 Å². The Morgan fingerprint density at radius 1 is 1.29 bits per heavy atom. The minimum Gasteiger partial charge on any atom is -0.507 e. The van der Waals surface area contributed by atoms with Crippen molar-refractivity contribution in [3.05, 3.63) is 95.1 Å². The predicted molar refractivity (Wildman–Crippen MR) is 123 cm³/mol. The standard InChI is InChI=1S/C23H19BrN2O4S/c1-3-16-19(22(29)30-2)20(13-7-5-4-6-8-13)26-21(28)18(31-23(26)25-16)12-14-11-15(24)9-10-17(14)27/h4-12,20,27H,3H2,1-2H3/b18-12+/t20-/m1/s1. The maximum absolute atomic E-state index is 13.5. The fourth-order valence-electron chi connectivity index (χ4n) is 3.60. The van der Waals surface area contributed by atoms with Crippen LogP contribution in [0, 0.1) is 0 Å². The monoisotopic (exact) mass is 498 g/mol. The van der Waals surface area contributed by atoms with Crippen LogP contribution < -0.4 is 14.9 Å². The van der Waals surface area contributed by atoms with Crippen LogP contribution in [0.2, 0.25) is 0 Å². The molecule has 1 aromatic heterocycles. The highest BCUT2D eigenvalue weighted by atomic mass is 79.9. The summed E-state index contributed by atoms with van der Waals surface area (Å²) in [6.07, 6.45) is 2.16. The molecular formula is C23H19BrN2O4S. The minimum atomic E-state index is -0.641. The fourth-order valence-corrected chi connectivity index (χ4v) is 4.99. The summed E-state index contributed by atoms with van der Waals surface area (Å²) in [5, 5.41) is 10.2. The van der Waals surface area contributed by atoms with Crippen LogP contribution in [0.15, 0.2) is 74.1 Å². The Balaban J connectivity index is 2.02. The number of ether oxygens (including phenoxy) is 1. The molecule has 0 fully saturated rings. The van der Waals surface area contributed by atoms with Crippen molar-refractivity contribution in [2.75, 3.05) is 7.11 Å². The number of nitrogens with zero attached hydrogens (tertiary/aromatic N) is 2.